The lowest BCUT2D eigenvalue weighted by Crippen LogP contribution is -2.34. The van der Waals surface area contributed by atoms with E-state index in [9.17, 15) is 4.79 Å². The highest BCUT2D eigenvalue weighted by molar-refractivity contribution is 8.16. The van der Waals surface area contributed by atoms with Gasteiger partial charge in [-0.25, -0.2) is 9.79 Å². The van der Waals surface area contributed by atoms with Crippen LogP contribution < -0.4 is 9.47 Å². The first-order chi connectivity index (χ1) is 15.5. The normalized spacial score (nSPS) is 17.2. The van der Waals surface area contributed by atoms with E-state index in [1.807, 2.05) is 65.9 Å². The summed E-state index contributed by atoms with van der Waals surface area (Å²) in [4.78, 5) is 19.4. The number of nitrogens with zero attached hydrogens (tertiary/aromatic N) is 2. The van der Waals surface area contributed by atoms with Gasteiger partial charge in [-0.3, -0.25) is 0 Å². The topological polar surface area (TPSA) is 60.4 Å². The van der Waals surface area contributed by atoms with Gasteiger partial charge in [0.05, 0.1) is 31.0 Å². The summed E-state index contributed by atoms with van der Waals surface area (Å²) >= 11 is 7.76. The maximum Gasteiger partial charge on any atom is 0.338 e. The van der Waals surface area contributed by atoms with Gasteiger partial charge in [0.1, 0.15) is 6.61 Å². The molecule has 0 amide bonds. The molecule has 2 aromatic rings. The molecule has 0 spiro atoms. The predicted octanol–water partition coefficient (Wildman–Crippen LogP) is 5.70. The fourth-order valence-corrected chi connectivity index (χ4v) is 4.62. The zero-order valence-corrected chi connectivity index (χ0v) is 19.6. The molecule has 32 heavy (non-hydrogen) atoms. The van der Waals surface area contributed by atoms with Gasteiger partial charge in [-0.2, -0.15) is 0 Å². The van der Waals surface area contributed by atoms with E-state index in [2.05, 4.69) is 4.99 Å². The average Bonchev–Trinajstić information content (AvgIpc) is 3.25. The Kier molecular flexibility index (Phi) is 6.77. The van der Waals surface area contributed by atoms with Crippen LogP contribution in [0.3, 0.4) is 0 Å². The van der Waals surface area contributed by atoms with Crippen molar-refractivity contribution in [2.75, 3.05) is 13.7 Å². The zero-order chi connectivity index (χ0) is 22.7. The second kappa shape index (κ2) is 9.71. The van der Waals surface area contributed by atoms with Crippen LogP contribution in [-0.2, 0) is 16.1 Å². The molecule has 166 valence electrons. The van der Waals surface area contributed by atoms with Crippen molar-refractivity contribution in [3.05, 3.63) is 81.5 Å². The molecule has 0 saturated carbocycles. The number of allylic oxidation sites excluding steroid dienone is 1. The van der Waals surface area contributed by atoms with E-state index >= 15 is 0 Å². The Morgan fingerprint density at radius 2 is 2.03 bits per heavy atom. The minimum Gasteiger partial charge on any atom is -0.493 e. The fraction of sp³-hybridized carbons (Fsp3) is 0.250. The second-order valence-corrected chi connectivity index (χ2v) is 8.40. The molecule has 0 radical (unpaired) electrons. The third kappa shape index (κ3) is 4.36. The first-order valence-corrected chi connectivity index (χ1v) is 11.4. The Morgan fingerprint density at radius 3 is 2.78 bits per heavy atom. The summed E-state index contributed by atoms with van der Waals surface area (Å²) in [6.45, 7) is 4.23. The van der Waals surface area contributed by atoms with Crippen molar-refractivity contribution in [3.8, 4) is 11.5 Å². The van der Waals surface area contributed by atoms with Crippen molar-refractivity contribution in [2.24, 2.45) is 4.99 Å². The Hall–Kier alpha value is -2.90. The Morgan fingerprint density at radius 1 is 1.22 bits per heavy atom. The molecule has 1 atom stereocenters. The summed E-state index contributed by atoms with van der Waals surface area (Å²) in [5, 5.41) is 3.42. The molecule has 2 heterocycles. The number of thioether (sulfide) groups is 1. The van der Waals surface area contributed by atoms with E-state index < -0.39 is 0 Å². The number of amidine groups is 1. The van der Waals surface area contributed by atoms with Crippen molar-refractivity contribution in [1.82, 2.24) is 4.90 Å². The number of rotatable bonds is 7. The molecular weight excluding hydrogens is 448 g/mol. The maximum absolute atomic E-state index is 12.8. The predicted molar refractivity (Wildman–Crippen MR) is 127 cm³/mol. The second-order valence-electron chi connectivity index (χ2n) is 7.12. The van der Waals surface area contributed by atoms with Gasteiger partial charge in [-0.05, 0) is 43.0 Å². The molecule has 2 aliphatic heterocycles. The van der Waals surface area contributed by atoms with Gasteiger partial charge in [0.25, 0.3) is 0 Å². The highest BCUT2D eigenvalue weighted by Crippen LogP contribution is 2.43. The summed E-state index contributed by atoms with van der Waals surface area (Å²) in [5.41, 5.74) is 2.91. The Labute approximate surface area is 196 Å². The van der Waals surface area contributed by atoms with Crippen LogP contribution in [0.25, 0.3) is 0 Å². The highest BCUT2D eigenvalue weighted by atomic mass is 35.5. The minimum absolute atomic E-state index is 0.293. The van der Waals surface area contributed by atoms with Crippen molar-refractivity contribution >= 4 is 34.5 Å². The SMILES string of the molecule is CCOC(=O)C1=C(C)N=C2SC=CN2[C@@H]1c1ccc(OCc2ccccc2Cl)c(OC)c1. The molecule has 0 aromatic heterocycles. The lowest BCUT2D eigenvalue weighted by molar-refractivity contribution is -0.139. The van der Waals surface area contributed by atoms with Crippen LogP contribution in [0.5, 0.6) is 11.5 Å². The molecule has 6 nitrogen and oxygen atoms in total. The van der Waals surface area contributed by atoms with E-state index in [0.717, 1.165) is 16.3 Å². The van der Waals surface area contributed by atoms with Crippen LogP contribution in [0.15, 0.2) is 70.3 Å². The lowest BCUT2D eigenvalue weighted by atomic mass is 9.94. The third-order valence-corrected chi connectivity index (χ3v) is 6.30. The van der Waals surface area contributed by atoms with Crippen molar-refractivity contribution < 1.29 is 19.0 Å². The van der Waals surface area contributed by atoms with Crippen LogP contribution in [0.1, 0.15) is 31.0 Å². The van der Waals surface area contributed by atoms with Crippen LogP contribution in [0, 0.1) is 0 Å². The van der Waals surface area contributed by atoms with Gasteiger partial charge in [0.2, 0.25) is 0 Å². The van der Waals surface area contributed by atoms with Crippen LogP contribution in [0.2, 0.25) is 5.02 Å². The average molecular weight is 471 g/mol. The Bertz CT molecular complexity index is 1130. The zero-order valence-electron chi connectivity index (χ0n) is 18.0. The number of methoxy groups -OCH3 is 1. The number of benzene rings is 2. The van der Waals surface area contributed by atoms with Crippen LogP contribution in [-0.4, -0.2) is 29.8 Å². The summed E-state index contributed by atoms with van der Waals surface area (Å²) in [7, 11) is 1.59. The van der Waals surface area contributed by atoms with Crippen LogP contribution in [0.4, 0.5) is 0 Å². The summed E-state index contributed by atoms with van der Waals surface area (Å²) in [6, 6.07) is 12.8. The maximum atomic E-state index is 12.8. The molecule has 0 aliphatic carbocycles. The number of halogens is 1. The molecule has 0 fully saturated rings. The number of aliphatic imine (C=N–C) groups is 1. The highest BCUT2D eigenvalue weighted by Gasteiger charge is 2.37. The largest absolute Gasteiger partial charge is 0.493 e. The molecule has 2 aliphatic rings. The molecule has 8 heteroatoms. The van der Waals surface area contributed by atoms with Gasteiger partial charge in [0.15, 0.2) is 16.7 Å². The molecule has 2 aromatic carbocycles. The van der Waals surface area contributed by atoms with Crippen molar-refractivity contribution in [1.29, 1.82) is 0 Å². The monoisotopic (exact) mass is 470 g/mol. The minimum atomic E-state index is -0.376. The lowest BCUT2D eigenvalue weighted by Gasteiger charge is -2.33. The summed E-state index contributed by atoms with van der Waals surface area (Å²) in [5.74, 6) is 0.780. The number of fused-ring (bicyclic) bond motifs is 1. The molecular formula is C24H23ClN2O4S. The van der Waals surface area contributed by atoms with E-state index in [4.69, 9.17) is 25.8 Å². The quantitative estimate of drug-likeness (QED) is 0.484. The molecule has 0 saturated heterocycles. The van der Waals surface area contributed by atoms with E-state index in [0.29, 0.717) is 41.0 Å². The first-order valence-electron chi connectivity index (χ1n) is 10.2. The first kappa shape index (κ1) is 22.3. The fourth-order valence-electron chi connectivity index (χ4n) is 3.64. The van der Waals surface area contributed by atoms with Gasteiger partial charge in [-0.15, -0.1) is 0 Å². The molecule has 0 bridgehead atoms. The van der Waals surface area contributed by atoms with Gasteiger partial charge in [-0.1, -0.05) is 47.6 Å². The van der Waals surface area contributed by atoms with Gasteiger partial charge < -0.3 is 19.1 Å². The number of hydrogen-bond donors (Lipinski definition) is 0. The number of esters is 1. The smallest absolute Gasteiger partial charge is 0.338 e. The number of carbonyl (C=O) groups is 1. The molecule has 0 unspecified atom stereocenters. The van der Waals surface area contributed by atoms with Gasteiger partial charge >= 0.3 is 5.97 Å². The van der Waals surface area contributed by atoms with E-state index in [1.165, 1.54) is 11.8 Å². The van der Waals surface area contributed by atoms with E-state index in [1.54, 1.807) is 14.0 Å². The number of hydrogen-bond acceptors (Lipinski definition) is 7. The van der Waals surface area contributed by atoms with Crippen molar-refractivity contribution in [2.45, 2.75) is 26.5 Å². The third-order valence-electron chi connectivity index (χ3n) is 5.16. The van der Waals surface area contributed by atoms with Crippen LogP contribution >= 0.6 is 23.4 Å². The van der Waals surface area contributed by atoms with E-state index in [-0.39, 0.29) is 12.0 Å². The van der Waals surface area contributed by atoms with Crippen molar-refractivity contribution in [3.63, 3.8) is 0 Å². The standard InChI is InChI=1S/C24H23ClN2O4S/c1-4-30-23(28)21-15(2)26-24-27(11-12-32-24)22(21)16-9-10-19(20(13-16)29-3)31-14-17-7-5-6-8-18(17)25/h5-13,22H,4,14H2,1-3H3/t22-/m1/s1. The number of carbonyl (C=O) groups excluding carboxylic acids is 1. The Balaban J connectivity index is 1.67. The number of ether oxygens (including phenoxy) is 3. The molecule has 0 N–H and O–H groups in total. The van der Waals surface area contributed by atoms with Gasteiger partial charge in [0, 0.05) is 16.8 Å². The summed E-state index contributed by atoms with van der Waals surface area (Å²) < 4.78 is 16.9. The summed E-state index contributed by atoms with van der Waals surface area (Å²) in [6.07, 6.45) is 1.92. The molecule has 4 rings (SSSR count).